The number of imidazole rings is 1. The molecule has 136 valence electrons. The van der Waals surface area contributed by atoms with Crippen LogP contribution in [0.4, 0.5) is 4.79 Å². The fraction of sp³-hybridized carbons (Fsp3) is 0.353. The normalized spacial score (nSPS) is 12.0. The quantitative estimate of drug-likeness (QED) is 0.727. The highest BCUT2D eigenvalue weighted by Gasteiger charge is 2.21. The summed E-state index contributed by atoms with van der Waals surface area (Å²) >= 11 is 0. The maximum absolute atomic E-state index is 12.5. The van der Waals surface area contributed by atoms with E-state index in [1.807, 2.05) is 36.9 Å². The van der Waals surface area contributed by atoms with Crippen molar-refractivity contribution in [2.45, 2.75) is 26.4 Å². The minimum absolute atomic E-state index is 0.222. The second-order valence-electron chi connectivity index (χ2n) is 5.81. The van der Waals surface area contributed by atoms with E-state index in [0.717, 1.165) is 5.82 Å². The fourth-order valence-corrected chi connectivity index (χ4v) is 2.40. The predicted molar refractivity (Wildman–Crippen MR) is 93.8 cm³/mol. The van der Waals surface area contributed by atoms with Gasteiger partial charge in [0, 0.05) is 32.2 Å². The van der Waals surface area contributed by atoms with Gasteiger partial charge in [-0.3, -0.25) is 4.98 Å². The molecule has 2 amide bonds. The van der Waals surface area contributed by atoms with Crippen LogP contribution < -0.4 is 5.32 Å². The summed E-state index contributed by atoms with van der Waals surface area (Å²) in [5.41, 5.74) is 0.617. The van der Waals surface area contributed by atoms with Crippen LogP contribution in [0, 0.1) is 0 Å². The van der Waals surface area contributed by atoms with E-state index in [-0.39, 0.29) is 6.03 Å². The molecular weight excluding hydrogens is 334 g/mol. The Morgan fingerprint density at radius 1 is 1.35 bits per heavy atom. The van der Waals surface area contributed by atoms with Gasteiger partial charge >= 0.3 is 6.03 Å². The zero-order valence-electron chi connectivity index (χ0n) is 15.0. The molecule has 9 nitrogen and oxygen atoms in total. The molecule has 0 aliphatic rings. The fourth-order valence-electron chi connectivity index (χ4n) is 2.40. The molecule has 0 aliphatic heterocycles. The molecule has 0 aromatic carbocycles. The van der Waals surface area contributed by atoms with Crippen molar-refractivity contribution in [3.8, 4) is 11.5 Å². The molecule has 0 aliphatic carbocycles. The minimum atomic E-state index is -0.428. The van der Waals surface area contributed by atoms with Crippen LogP contribution in [0.5, 0.6) is 0 Å². The maximum Gasteiger partial charge on any atom is 0.318 e. The summed E-state index contributed by atoms with van der Waals surface area (Å²) in [4.78, 5) is 27.0. The van der Waals surface area contributed by atoms with E-state index in [4.69, 9.17) is 4.52 Å². The van der Waals surface area contributed by atoms with Gasteiger partial charge in [-0.15, -0.1) is 0 Å². The number of carbonyl (C=O) groups excluding carboxylic acids is 1. The first-order chi connectivity index (χ1) is 12.6. The summed E-state index contributed by atoms with van der Waals surface area (Å²) in [6.45, 7) is 4.68. The van der Waals surface area contributed by atoms with Crippen molar-refractivity contribution in [1.29, 1.82) is 0 Å². The van der Waals surface area contributed by atoms with Crippen molar-refractivity contribution < 1.29 is 9.32 Å². The molecule has 0 bridgehead atoms. The van der Waals surface area contributed by atoms with Crippen LogP contribution in [0.15, 0.2) is 41.3 Å². The summed E-state index contributed by atoms with van der Waals surface area (Å²) in [6, 6.07) is 4.81. The summed E-state index contributed by atoms with van der Waals surface area (Å²) < 4.78 is 7.15. The van der Waals surface area contributed by atoms with E-state index >= 15 is 0 Å². The molecule has 26 heavy (non-hydrogen) atoms. The number of rotatable bonds is 6. The van der Waals surface area contributed by atoms with Gasteiger partial charge in [0.25, 0.3) is 0 Å². The average Bonchev–Trinajstić information content (AvgIpc) is 3.29. The molecule has 3 rings (SSSR count). The van der Waals surface area contributed by atoms with Gasteiger partial charge in [0.2, 0.25) is 11.7 Å². The molecule has 0 saturated heterocycles. The highest BCUT2D eigenvalue weighted by molar-refractivity contribution is 5.74. The topological polar surface area (TPSA) is 102 Å². The van der Waals surface area contributed by atoms with Gasteiger partial charge in [-0.05, 0) is 26.0 Å². The molecule has 0 fully saturated rings. The number of amides is 2. The number of hydrogen-bond acceptors (Lipinski definition) is 6. The highest BCUT2D eigenvalue weighted by atomic mass is 16.5. The van der Waals surface area contributed by atoms with Crippen LogP contribution in [0.3, 0.4) is 0 Å². The lowest BCUT2D eigenvalue weighted by Gasteiger charge is -2.22. The monoisotopic (exact) mass is 355 g/mol. The summed E-state index contributed by atoms with van der Waals surface area (Å²) in [5.74, 6) is 1.53. The van der Waals surface area contributed by atoms with Crippen LogP contribution in [-0.2, 0) is 13.6 Å². The first kappa shape index (κ1) is 17.6. The minimum Gasteiger partial charge on any atom is -0.337 e. The molecular formula is C17H21N7O2. The number of pyridine rings is 1. The molecule has 0 radical (unpaired) electrons. The number of aromatic nitrogens is 5. The summed E-state index contributed by atoms with van der Waals surface area (Å²) in [7, 11) is 1.90. The molecule has 3 aromatic heterocycles. The van der Waals surface area contributed by atoms with Crippen LogP contribution >= 0.6 is 0 Å². The SMILES string of the molecule is CCN(Cc1nccn1C)C(=O)N[C@H](C)c1nc(-c2ccccn2)no1. The van der Waals surface area contributed by atoms with Gasteiger partial charge in [0.1, 0.15) is 17.6 Å². The van der Waals surface area contributed by atoms with E-state index < -0.39 is 6.04 Å². The zero-order valence-corrected chi connectivity index (χ0v) is 15.0. The van der Waals surface area contributed by atoms with Crippen molar-refractivity contribution >= 4 is 6.03 Å². The second-order valence-corrected chi connectivity index (χ2v) is 5.81. The first-order valence-electron chi connectivity index (χ1n) is 8.35. The Balaban J connectivity index is 1.65. The predicted octanol–water partition coefficient (Wildman–Crippen LogP) is 2.16. The maximum atomic E-state index is 12.5. The van der Waals surface area contributed by atoms with Crippen molar-refractivity contribution in [2.75, 3.05) is 6.54 Å². The van der Waals surface area contributed by atoms with E-state index in [2.05, 4.69) is 25.4 Å². The van der Waals surface area contributed by atoms with Crippen molar-refractivity contribution in [1.82, 2.24) is 34.9 Å². The third-order valence-corrected chi connectivity index (χ3v) is 3.97. The lowest BCUT2D eigenvalue weighted by Crippen LogP contribution is -2.41. The van der Waals surface area contributed by atoms with Crippen LogP contribution in [0.1, 0.15) is 31.6 Å². The first-order valence-corrected chi connectivity index (χ1v) is 8.35. The second kappa shape index (κ2) is 7.77. The largest absolute Gasteiger partial charge is 0.337 e. The molecule has 1 N–H and O–H groups in total. The van der Waals surface area contributed by atoms with Crippen LogP contribution in [-0.4, -0.2) is 42.2 Å². The summed E-state index contributed by atoms with van der Waals surface area (Å²) in [6.07, 6.45) is 5.22. The van der Waals surface area contributed by atoms with Crippen molar-refractivity contribution in [2.24, 2.45) is 7.05 Å². The Morgan fingerprint density at radius 3 is 2.85 bits per heavy atom. The summed E-state index contributed by atoms with van der Waals surface area (Å²) in [5, 5.41) is 6.80. The highest BCUT2D eigenvalue weighted by Crippen LogP contribution is 2.16. The van der Waals surface area contributed by atoms with Crippen molar-refractivity contribution in [3.63, 3.8) is 0 Å². The standard InChI is InChI=1S/C17H21N7O2/c1-4-24(11-14-19-9-10-23(14)3)17(25)20-12(2)16-21-15(22-26-16)13-7-5-6-8-18-13/h5-10,12H,4,11H2,1-3H3,(H,20,25)/t12-/m1/s1. The Morgan fingerprint density at radius 2 is 2.19 bits per heavy atom. The van der Waals surface area contributed by atoms with Crippen LogP contribution in [0.2, 0.25) is 0 Å². The molecule has 0 spiro atoms. The van der Waals surface area contributed by atoms with Gasteiger partial charge in [0.15, 0.2) is 0 Å². The number of hydrogen-bond donors (Lipinski definition) is 1. The smallest absolute Gasteiger partial charge is 0.318 e. The number of aryl methyl sites for hydroxylation is 1. The zero-order chi connectivity index (χ0) is 18.5. The van der Waals surface area contributed by atoms with Crippen molar-refractivity contribution in [3.05, 3.63) is 48.5 Å². The van der Waals surface area contributed by atoms with Crippen LogP contribution in [0.25, 0.3) is 11.5 Å². The molecule has 9 heteroatoms. The number of nitrogens with zero attached hydrogens (tertiary/aromatic N) is 6. The number of urea groups is 1. The van der Waals surface area contributed by atoms with E-state index in [9.17, 15) is 4.79 Å². The molecule has 3 aromatic rings. The Labute approximate surface area is 151 Å². The molecule has 0 saturated carbocycles. The van der Waals surface area contributed by atoms with E-state index in [0.29, 0.717) is 30.5 Å². The van der Waals surface area contributed by atoms with Gasteiger partial charge in [0.05, 0.1) is 6.54 Å². The lowest BCUT2D eigenvalue weighted by molar-refractivity contribution is 0.190. The number of nitrogens with one attached hydrogen (secondary N) is 1. The van der Waals surface area contributed by atoms with Gasteiger partial charge in [-0.2, -0.15) is 4.98 Å². The number of carbonyl (C=O) groups is 1. The van der Waals surface area contributed by atoms with Gasteiger partial charge < -0.3 is 19.3 Å². The average molecular weight is 355 g/mol. The lowest BCUT2D eigenvalue weighted by atomic mass is 10.3. The Hall–Kier alpha value is -3.23. The van der Waals surface area contributed by atoms with E-state index in [1.165, 1.54) is 0 Å². The molecule has 0 unspecified atom stereocenters. The Kier molecular flexibility index (Phi) is 5.26. The van der Waals surface area contributed by atoms with E-state index in [1.54, 1.807) is 30.3 Å². The molecule has 1 atom stereocenters. The third kappa shape index (κ3) is 3.88. The Bertz CT molecular complexity index is 859. The van der Waals surface area contributed by atoms with Gasteiger partial charge in [-0.25, -0.2) is 9.78 Å². The third-order valence-electron chi connectivity index (χ3n) is 3.97. The van der Waals surface area contributed by atoms with Gasteiger partial charge in [-0.1, -0.05) is 11.2 Å². The molecule has 3 heterocycles.